The van der Waals surface area contributed by atoms with Gasteiger partial charge in [0.15, 0.2) is 0 Å². The van der Waals surface area contributed by atoms with E-state index in [0.29, 0.717) is 27.8 Å². The molecule has 8 nitrogen and oxygen atoms in total. The van der Waals surface area contributed by atoms with Crippen LogP contribution in [0.3, 0.4) is 0 Å². The minimum atomic E-state index is -1.25. The van der Waals surface area contributed by atoms with Crippen molar-refractivity contribution in [1.82, 2.24) is 9.47 Å². The molecule has 2 amide bonds. The number of methoxy groups -OCH3 is 1. The van der Waals surface area contributed by atoms with Gasteiger partial charge in [0.2, 0.25) is 0 Å². The number of benzene rings is 1. The highest BCUT2D eigenvalue weighted by Gasteiger charge is 2.36. The normalized spacial score (nSPS) is 15.3. The zero-order chi connectivity index (χ0) is 21.3. The first-order valence-electron chi connectivity index (χ1n) is 8.57. The van der Waals surface area contributed by atoms with Crippen molar-refractivity contribution in [3.05, 3.63) is 57.8 Å². The summed E-state index contributed by atoms with van der Waals surface area (Å²) >= 11 is 0.712. The SMILES string of the molecule is COC(=O)c1cccc(-n2c(C)cc(/C=C3/SC(=O)N(CC(=O)O)C3=O)c2C)c1. The molecule has 1 aromatic heterocycles. The van der Waals surface area contributed by atoms with Crippen molar-refractivity contribution in [3.63, 3.8) is 0 Å². The third kappa shape index (κ3) is 3.95. The number of rotatable bonds is 5. The van der Waals surface area contributed by atoms with Gasteiger partial charge in [0.1, 0.15) is 6.54 Å². The number of carbonyl (C=O) groups is 4. The van der Waals surface area contributed by atoms with Crippen LogP contribution in [0.4, 0.5) is 4.79 Å². The van der Waals surface area contributed by atoms with Crippen LogP contribution in [0.5, 0.6) is 0 Å². The van der Waals surface area contributed by atoms with Gasteiger partial charge in [-0.25, -0.2) is 4.79 Å². The minimum absolute atomic E-state index is 0.166. The Hall–Kier alpha value is -3.33. The van der Waals surface area contributed by atoms with Gasteiger partial charge in [0.05, 0.1) is 17.6 Å². The van der Waals surface area contributed by atoms with Gasteiger partial charge in [-0.2, -0.15) is 0 Å². The Morgan fingerprint density at radius 3 is 2.59 bits per heavy atom. The van der Waals surface area contributed by atoms with Gasteiger partial charge in [-0.05, 0) is 61.5 Å². The summed E-state index contributed by atoms with van der Waals surface area (Å²) in [5.74, 6) is -2.32. The number of imide groups is 1. The molecule has 1 N–H and O–H groups in total. The van der Waals surface area contributed by atoms with Gasteiger partial charge in [-0.1, -0.05) is 6.07 Å². The first-order valence-corrected chi connectivity index (χ1v) is 9.39. The van der Waals surface area contributed by atoms with Crippen LogP contribution in [0.15, 0.2) is 35.2 Å². The second-order valence-electron chi connectivity index (χ2n) is 6.37. The molecule has 1 aliphatic heterocycles. The summed E-state index contributed by atoms with van der Waals surface area (Å²) in [5, 5.41) is 8.26. The van der Waals surface area contributed by atoms with Gasteiger partial charge in [-0.3, -0.25) is 19.3 Å². The highest BCUT2D eigenvalue weighted by atomic mass is 32.2. The Morgan fingerprint density at radius 1 is 1.21 bits per heavy atom. The number of ether oxygens (including phenoxy) is 1. The van der Waals surface area contributed by atoms with Crippen LogP contribution in [0, 0.1) is 13.8 Å². The third-order valence-corrected chi connectivity index (χ3v) is 5.36. The highest BCUT2D eigenvalue weighted by Crippen LogP contribution is 2.33. The number of nitrogens with zero attached hydrogens (tertiary/aromatic N) is 2. The van der Waals surface area contributed by atoms with Crippen molar-refractivity contribution in [1.29, 1.82) is 0 Å². The number of aromatic nitrogens is 1. The van der Waals surface area contributed by atoms with Gasteiger partial charge >= 0.3 is 11.9 Å². The lowest BCUT2D eigenvalue weighted by molar-refractivity contribution is -0.140. The fourth-order valence-corrected chi connectivity index (χ4v) is 3.96. The van der Waals surface area contributed by atoms with Crippen molar-refractivity contribution in [3.8, 4) is 5.69 Å². The lowest BCUT2D eigenvalue weighted by atomic mass is 10.2. The monoisotopic (exact) mass is 414 g/mol. The number of carbonyl (C=O) groups excluding carboxylic acids is 3. The molecule has 0 radical (unpaired) electrons. The zero-order valence-corrected chi connectivity index (χ0v) is 16.8. The fraction of sp³-hybridized carbons (Fsp3) is 0.200. The average Bonchev–Trinajstić information content (AvgIpc) is 3.10. The first-order chi connectivity index (χ1) is 13.7. The molecule has 0 unspecified atom stereocenters. The van der Waals surface area contributed by atoms with E-state index in [9.17, 15) is 19.2 Å². The van der Waals surface area contributed by atoms with Gasteiger partial charge in [0.25, 0.3) is 11.1 Å². The number of thioether (sulfide) groups is 1. The molecular formula is C20H18N2O6S. The summed E-state index contributed by atoms with van der Waals surface area (Å²) in [7, 11) is 1.32. The molecule has 2 aromatic rings. The summed E-state index contributed by atoms with van der Waals surface area (Å²) in [5.41, 5.74) is 3.54. The van der Waals surface area contributed by atoms with E-state index in [0.717, 1.165) is 17.1 Å². The summed E-state index contributed by atoms with van der Waals surface area (Å²) in [4.78, 5) is 47.9. The lowest BCUT2D eigenvalue weighted by Crippen LogP contribution is -2.33. The minimum Gasteiger partial charge on any atom is -0.480 e. The molecule has 150 valence electrons. The van der Waals surface area contributed by atoms with E-state index in [1.165, 1.54) is 7.11 Å². The summed E-state index contributed by atoms with van der Waals surface area (Å²) in [6.07, 6.45) is 1.58. The molecule has 0 spiro atoms. The number of carboxylic acid groups (broad SMARTS) is 1. The van der Waals surface area contributed by atoms with E-state index < -0.39 is 29.6 Å². The van der Waals surface area contributed by atoms with E-state index in [-0.39, 0.29) is 4.91 Å². The molecule has 1 saturated heterocycles. The number of esters is 1. The summed E-state index contributed by atoms with van der Waals surface area (Å²) in [6.45, 7) is 3.07. The van der Waals surface area contributed by atoms with E-state index in [4.69, 9.17) is 9.84 Å². The van der Waals surface area contributed by atoms with Crippen molar-refractivity contribution < 1.29 is 29.0 Å². The standard InChI is InChI=1S/C20H18N2O6S/c1-11-7-14(9-16-18(25)21(10-17(23)24)20(27)29-16)12(2)22(11)15-6-4-5-13(8-15)19(26)28-3/h4-9H,10H2,1-3H3,(H,23,24)/b16-9+. The Bertz CT molecular complexity index is 1070. The van der Waals surface area contributed by atoms with E-state index >= 15 is 0 Å². The summed E-state index contributed by atoms with van der Waals surface area (Å²) in [6, 6.07) is 8.80. The smallest absolute Gasteiger partial charge is 0.337 e. The number of hydrogen-bond acceptors (Lipinski definition) is 6. The Morgan fingerprint density at radius 2 is 1.93 bits per heavy atom. The number of carboxylic acids is 1. The number of hydrogen-bond donors (Lipinski definition) is 1. The Labute approximate surface area is 170 Å². The van der Waals surface area contributed by atoms with Crippen molar-refractivity contribution >= 4 is 40.9 Å². The van der Waals surface area contributed by atoms with Crippen molar-refractivity contribution in [2.75, 3.05) is 13.7 Å². The first kappa shape index (κ1) is 20.4. The Kier molecular flexibility index (Phi) is 5.60. The molecule has 3 rings (SSSR count). The van der Waals surface area contributed by atoms with E-state index in [1.54, 1.807) is 24.3 Å². The van der Waals surface area contributed by atoms with Crippen LogP contribution in [0.25, 0.3) is 11.8 Å². The predicted molar refractivity (Wildman–Crippen MR) is 107 cm³/mol. The Balaban J connectivity index is 1.98. The lowest BCUT2D eigenvalue weighted by Gasteiger charge is -2.11. The van der Waals surface area contributed by atoms with Gasteiger partial charge in [0, 0.05) is 17.1 Å². The maximum Gasteiger partial charge on any atom is 0.337 e. The molecule has 2 heterocycles. The molecule has 1 aliphatic rings. The molecule has 29 heavy (non-hydrogen) atoms. The quantitative estimate of drug-likeness (QED) is 0.592. The van der Waals surface area contributed by atoms with Gasteiger partial charge < -0.3 is 14.4 Å². The second kappa shape index (κ2) is 7.96. The highest BCUT2D eigenvalue weighted by molar-refractivity contribution is 8.18. The molecule has 9 heteroatoms. The average molecular weight is 414 g/mol. The predicted octanol–water partition coefficient (Wildman–Crippen LogP) is 3.00. The molecule has 0 bridgehead atoms. The molecular weight excluding hydrogens is 396 g/mol. The largest absolute Gasteiger partial charge is 0.480 e. The molecule has 1 fully saturated rings. The van der Waals surface area contributed by atoms with Crippen molar-refractivity contribution in [2.24, 2.45) is 0 Å². The molecule has 0 aliphatic carbocycles. The second-order valence-corrected chi connectivity index (χ2v) is 7.36. The van der Waals surface area contributed by atoms with Crippen LogP contribution in [-0.4, -0.2) is 51.3 Å². The number of aliphatic carboxylic acids is 1. The zero-order valence-electron chi connectivity index (χ0n) is 16.0. The maximum atomic E-state index is 12.4. The van der Waals surface area contributed by atoms with E-state index in [2.05, 4.69) is 0 Å². The van der Waals surface area contributed by atoms with Crippen LogP contribution < -0.4 is 0 Å². The van der Waals surface area contributed by atoms with Crippen LogP contribution in [0.1, 0.15) is 27.3 Å². The molecule has 1 aromatic carbocycles. The van der Waals surface area contributed by atoms with E-state index in [1.807, 2.05) is 30.5 Å². The van der Waals surface area contributed by atoms with Crippen molar-refractivity contribution in [2.45, 2.75) is 13.8 Å². The van der Waals surface area contributed by atoms with Gasteiger partial charge in [-0.15, -0.1) is 0 Å². The van der Waals surface area contributed by atoms with Crippen LogP contribution in [-0.2, 0) is 14.3 Å². The third-order valence-electron chi connectivity index (χ3n) is 4.45. The fourth-order valence-electron chi connectivity index (χ4n) is 3.13. The molecule has 0 atom stereocenters. The number of amides is 2. The number of aryl methyl sites for hydroxylation is 1. The molecule has 0 saturated carbocycles. The summed E-state index contributed by atoms with van der Waals surface area (Å²) < 4.78 is 6.68. The van der Waals surface area contributed by atoms with Crippen LogP contribution >= 0.6 is 11.8 Å². The maximum absolute atomic E-state index is 12.4. The topological polar surface area (TPSA) is 106 Å². The van der Waals surface area contributed by atoms with Crippen LogP contribution in [0.2, 0.25) is 0 Å².